The standard InChI is InChI=1S/C12H18N2/c1-12(2,3)14-9-5-7-11-6-4-8-13-10-11/h4-8,10,14H,9H2,1-3H3. The first-order valence-electron chi connectivity index (χ1n) is 4.89. The van der Waals surface area contributed by atoms with Crippen molar-refractivity contribution in [2.24, 2.45) is 0 Å². The van der Waals surface area contributed by atoms with Gasteiger partial charge in [-0.25, -0.2) is 0 Å². The van der Waals surface area contributed by atoms with Gasteiger partial charge in [0.05, 0.1) is 0 Å². The summed E-state index contributed by atoms with van der Waals surface area (Å²) in [6.45, 7) is 7.36. The third-order valence-corrected chi connectivity index (χ3v) is 1.74. The SMILES string of the molecule is CC(C)(C)NCC=Cc1cccnc1. The average Bonchev–Trinajstić information content (AvgIpc) is 2.13. The zero-order valence-electron chi connectivity index (χ0n) is 9.12. The number of hydrogen-bond acceptors (Lipinski definition) is 2. The summed E-state index contributed by atoms with van der Waals surface area (Å²) in [5, 5.41) is 3.38. The van der Waals surface area contributed by atoms with Crippen molar-refractivity contribution >= 4 is 6.08 Å². The van der Waals surface area contributed by atoms with E-state index >= 15 is 0 Å². The summed E-state index contributed by atoms with van der Waals surface area (Å²) >= 11 is 0. The van der Waals surface area contributed by atoms with E-state index in [1.165, 1.54) is 0 Å². The highest BCUT2D eigenvalue weighted by atomic mass is 14.9. The summed E-state index contributed by atoms with van der Waals surface area (Å²) in [4.78, 5) is 4.04. The molecule has 0 spiro atoms. The molecular weight excluding hydrogens is 172 g/mol. The molecule has 0 aliphatic carbocycles. The van der Waals surface area contributed by atoms with Gasteiger partial charge >= 0.3 is 0 Å². The minimum Gasteiger partial charge on any atom is -0.309 e. The largest absolute Gasteiger partial charge is 0.309 e. The van der Waals surface area contributed by atoms with Crippen molar-refractivity contribution in [1.29, 1.82) is 0 Å². The fourth-order valence-corrected chi connectivity index (χ4v) is 1.03. The summed E-state index contributed by atoms with van der Waals surface area (Å²) in [5.74, 6) is 0. The van der Waals surface area contributed by atoms with Crippen LogP contribution in [0, 0.1) is 0 Å². The molecule has 1 heterocycles. The van der Waals surface area contributed by atoms with E-state index in [2.05, 4.69) is 43.2 Å². The van der Waals surface area contributed by atoms with Gasteiger partial charge in [-0.3, -0.25) is 4.98 Å². The third kappa shape index (κ3) is 4.77. The minimum atomic E-state index is 0.180. The Morgan fingerprint density at radius 2 is 2.21 bits per heavy atom. The van der Waals surface area contributed by atoms with Gasteiger partial charge in [-0.15, -0.1) is 0 Å². The van der Waals surface area contributed by atoms with Crippen molar-refractivity contribution < 1.29 is 0 Å². The Kier molecular flexibility index (Phi) is 3.84. The van der Waals surface area contributed by atoms with Crippen molar-refractivity contribution in [2.75, 3.05) is 6.54 Å². The molecule has 2 heteroatoms. The maximum Gasteiger partial charge on any atom is 0.0340 e. The van der Waals surface area contributed by atoms with E-state index in [4.69, 9.17) is 0 Å². The van der Waals surface area contributed by atoms with Crippen LogP contribution in [0.25, 0.3) is 6.08 Å². The molecule has 0 fully saturated rings. The van der Waals surface area contributed by atoms with Gasteiger partial charge in [0, 0.05) is 24.5 Å². The highest BCUT2D eigenvalue weighted by molar-refractivity contribution is 5.47. The Balaban J connectivity index is 2.35. The normalized spacial score (nSPS) is 12.2. The Morgan fingerprint density at radius 3 is 2.79 bits per heavy atom. The molecule has 14 heavy (non-hydrogen) atoms. The second kappa shape index (κ2) is 4.91. The summed E-state index contributed by atoms with van der Waals surface area (Å²) in [6, 6.07) is 3.98. The summed E-state index contributed by atoms with van der Waals surface area (Å²) in [7, 11) is 0. The van der Waals surface area contributed by atoms with Gasteiger partial charge < -0.3 is 5.32 Å². The van der Waals surface area contributed by atoms with Crippen molar-refractivity contribution in [1.82, 2.24) is 10.3 Å². The Bertz CT molecular complexity index is 283. The quantitative estimate of drug-likeness (QED) is 0.792. The molecule has 1 aromatic heterocycles. The van der Waals surface area contributed by atoms with E-state index in [-0.39, 0.29) is 5.54 Å². The molecule has 1 aromatic rings. The molecule has 0 aliphatic heterocycles. The maximum atomic E-state index is 4.04. The lowest BCUT2D eigenvalue weighted by atomic mass is 10.1. The molecule has 0 aromatic carbocycles. The molecule has 1 N–H and O–H groups in total. The second-order valence-corrected chi connectivity index (χ2v) is 4.32. The lowest BCUT2D eigenvalue weighted by molar-refractivity contribution is 0.450. The van der Waals surface area contributed by atoms with Crippen LogP contribution in [0.4, 0.5) is 0 Å². The Labute approximate surface area is 86.1 Å². The number of pyridine rings is 1. The number of aromatic nitrogens is 1. The van der Waals surface area contributed by atoms with Crippen molar-refractivity contribution in [3.8, 4) is 0 Å². The van der Waals surface area contributed by atoms with E-state index in [1.54, 1.807) is 6.20 Å². The van der Waals surface area contributed by atoms with E-state index in [9.17, 15) is 0 Å². The molecule has 0 radical (unpaired) electrons. The molecule has 0 unspecified atom stereocenters. The summed E-state index contributed by atoms with van der Waals surface area (Å²) < 4.78 is 0. The maximum absolute atomic E-state index is 4.04. The summed E-state index contributed by atoms with van der Waals surface area (Å²) in [5.41, 5.74) is 1.32. The van der Waals surface area contributed by atoms with Gasteiger partial charge in [-0.2, -0.15) is 0 Å². The van der Waals surface area contributed by atoms with Crippen LogP contribution < -0.4 is 5.32 Å². The van der Waals surface area contributed by atoms with Gasteiger partial charge in [0.15, 0.2) is 0 Å². The lowest BCUT2D eigenvalue weighted by Crippen LogP contribution is -2.35. The van der Waals surface area contributed by atoms with Crippen LogP contribution in [-0.4, -0.2) is 17.1 Å². The third-order valence-electron chi connectivity index (χ3n) is 1.74. The fourth-order valence-electron chi connectivity index (χ4n) is 1.03. The van der Waals surface area contributed by atoms with Crippen molar-refractivity contribution in [2.45, 2.75) is 26.3 Å². The van der Waals surface area contributed by atoms with E-state index in [0.29, 0.717) is 0 Å². The predicted molar refractivity (Wildman–Crippen MR) is 61.0 cm³/mol. The zero-order valence-corrected chi connectivity index (χ0v) is 9.12. The molecule has 0 bridgehead atoms. The number of rotatable bonds is 3. The Hall–Kier alpha value is -1.15. The first-order valence-corrected chi connectivity index (χ1v) is 4.89. The van der Waals surface area contributed by atoms with Gasteiger partial charge in [0.2, 0.25) is 0 Å². The molecule has 0 saturated heterocycles. The van der Waals surface area contributed by atoms with Crippen LogP contribution >= 0.6 is 0 Å². The molecule has 0 saturated carbocycles. The van der Waals surface area contributed by atoms with Crippen LogP contribution in [-0.2, 0) is 0 Å². The highest BCUT2D eigenvalue weighted by Crippen LogP contribution is 2.00. The van der Waals surface area contributed by atoms with E-state index in [1.807, 2.05) is 18.3 Å². The topological polar surface area (TPSA) is 24.9 Å². The molecule has 0 amide bonds. The molecule has 2 nitrogen and oxygen atoms in total. The zero-order chi connectivity index (χ0) is 10.4. The Morgan fingerprint density at radius 1 is 1.43 bits per heavy atom. The minimum absolute atomic E-state index is 0.180. The van der Waals surface area contributed by atoms with Crippen LogP contribution in [0.1, 0.15) is 26.3 Å². The first kappa shape index (κ1) is 10.9. The summed E-state index contributed by atoms with van der Waals surface area (Å²) in [6.07, 6.45) is 7.83. The second-order valence-electron chi connectivity index (χ2n) is 4.32. The van der Waals surface area contributed by atoms with Crippen molar-refractivity contribution in [3.05, 3.63) is 36.2 Å². The van der Waals surface area contributed by atoms with Crippen LogP contribution in [0.15, 0.2) is 30.6 Å². The van der Waals surface area contributed by atoms with Gasteiger partial charge in [-0.05, 0) is 32.4 Å². The van der Waals surface area contributed by atoms with E-state index in [0.717, 1.165) is 12.1 Å². The number of hydrogen-bond donors (Lipinski definition) is 1. The van der Waals surface area contributed by atoms with Crippen molar-refractivity contribution in [3.63, 3.8) is 0 Å². The molecule has 1 rings (SSSR count). The number of nitrogens with one attached hydrogen (secondary N) is 1. The smallest absolute Gasteiger partial charge is 0.0340 e. The molecule has 0 atom stereocenters. The lowest BCUT2D eigenvalue weighted by Gasteiger charge is -2.18. The van der Waals surface area contributed by atoms with Crippen LogP contribution in [0.2, 0.25) is 0 Å². The van der Waals surface area contributed by atoms with Gasteiger partial charge in [-0.1, -0.05) is 18.2 Å². The van der Waals surface area contributed by atoms with Crippen LogP contribution in [0.5, 0.6) is 0 Å². The predicted octanol–water partition coefficient (Wildman–Crippen LogP) is 2.48. The van der Waals surface area contributed by atoms with E-state index < -0.39 is 0 Å². The molecule has 76 valence electrons. The highest BCUT2D eigenvalue weighted by Gasteiger charge is 2.05. The van der Waals surface area contributed by atoms with Gasteiger partial charge in [0.1, 0.15) is 0 Å². The van der Waals surface area contributed by atoms with Gasteiger partial charge in [0.25, 0.3) is 0 Å². The average molecular weight is 190 g/mol. The monoisotopic (exact) mass is 190 g/mol. The molecular formula is C12H18N2. The fraction of sp³-hybridized carbons (Fsp3) is 0.417. The first-order chi connectivity index (χ1) is 6.58. The molecule has 0 aliphatic rings. The number of nitrogens with zero attached hydrogens (tertiary/aromatic N) is 1. The van der Waals surface area contributed by atoms with Crippen LogP contribution in [0.3, 0.4) is 0 Å².